The number of urea groups is 1. The van der Waals surface area contributed by atoms with Crippen molar-refractivity contribution in [2.75, 3.05) is 11.9 Å². The van der Waals surface area contributed by atoms with Crippen molar-refractivity contribution in [2.24, 2.45) is 0 Å². The number of aliphatic hydroxyl groups excluding tert-OH is 1. The molecule has 0 radical (unpaired) electrons. The second-order valence-corrected chi connectivity index (χ2v) is 5.21. The zero-order valence-electron chi connectivity index (χ0n) is 12.8. The van der Waals surface area contributed by atoms with Crippen LogP contribution in [-0.2, 0) is 6.42 Å². The summed E-state index contributed by atoms with van der Waals surface area (Å²) < 4.78 is 0. The lowest BCUT2D eigenvalue weighted by Crippen LogP contribution is -2.39. The van der Waals surface area contributed by atoms with E-state index in [9.17, 15) is 4.79 Å². The number of anilines is 1. The summed E-state index contributed by atoms with van der Waals surface area (Å²) >= 11 is 0. The molecule has 2 aromatic carbocycles. The molecule has 2 rings (SSSR count). The predicted octanol–water partition coefficient (Wildman–Crippen LogP) is 3.17. The van der Waals surface area contributed by atoms with Crippen molar-refractivity contribution in [3.63, 3.8) is 0 Å². The quantitative estimate of drug-likeness (QED) is 0.767. The molecule has 0 spiro atoms. The van der Waals surface area contributed by atoms with E-state index in [4.69, 9.17) is 5.11 Å². The molecule has 116 valence electrons. The van der Waals surface area contributed by atoms with Gasteiger partial charge in [0.15, 0.2) is 0 Å². The molecular formula is C18H22N2O2. The second-order valence-electron chi connectivity index (χ2n) is 5.21. The fourth-order valence-corrected chi connectivity index (χ4v) is 2.23. The number of nitrogens with one attached hydrogen (secondary N) is 2. The maximum atomic E-state index is 12.0. The maximum absolute atomic E-state index is 12.0. The lowest BCUT2D eigenvalue weighted by molar-refractivity contribution is 0.222. The van der Waals surface area contributed by atoms with Gasteiger partial charge in [-0.05, 0) is 30.0 Å². The Hall–Kier alpha value is -2.33. The van der Waals surface area contributed by atoms with Crippen LogP contribution >= 0.6 is 0 Å². The SMILES string of the molecule is CCC(CO)NC(=O)Nc1ccccc1Cc1ccccc1. The van der Waals surface area contributed by atoms with Gasteiger partial charge < -0.3 is 15.7 Å². The predicted molar refractivity (Wildman–Crippen MR) is 89.0 cm³/mol. The Kier molecular flexibility index (Phi) is 5.98. The lowest BCUT2D eigenvalue weighted by atomic mass is 10.0. The van der Waals surface area contributed by atoms with E-state index in [1.807, 2.05) is 49.4 Å². The first-order chi connectivity index (χ1) is 10.7. The topological polar surface area (TPSA) is 61.4 Å². The van der Waals surface area contributed by atoms with Gasteiger partial charge in [0.2, 0.25) is 0 Å². The van der Waals surface area contributed by atoms with E-state index in [1.54, 1.807) is 0 Å². The van der Waals surface area contributed by atoms with Gasteiger partial charge in [-0.3, -0.25) is 0 Å². The van der Waals surface area contributed by atoms with E-state index < -0.39 is 0 Å². The Morgan fingerprint density at radius 1 is 1.09 bits per heavy atom. The molecule has 0 aromatic heterocycles. The number of carbonyl (C=O) groups excluding carboxylic acids is 1. The van der Waals surface area contributed by atoms with E-state index >= 15 is 0 Å². The molecule has 1 atom stereocenters. The smallest absolute Gasteiger partial charge is 0.319 e. The van der Waals surface area contributed by atoms with Gasteiger partial charge in [0, 0.05) is 5.69 Å². The molecule has 0 bridgehead atoms. The average Bonchev–Trinajstić information content (AvgIpc) is 2.55. The maximum Gasteiger partial charge on any atom is 0.319 e. The van der Waals surface area contributed by atoms with Crippen molar-refractivity contribution in [1.82, 2.24) is 5.32 Å². The molecule has 0 aliphatic heterocycles. The van der Waals surface area contributed by atoms with Crippen LogP contribution in [0.5, 0.6) is 0 Å². The number of hydrogen-bond acceptors (Lipinski definition) is 2. The molecule has 0 saturated heterocycles. The Morgan fingerprint density at radius 3 is 2.45 bits per heavy atom. The molecule has 0 aliphatic carbocycles. The summed E-state index contributed by atoms with van der Waals surface area (Å²) in [5, 5.41) is 14.8. The number of para-hydroxylation sites is 1. The fourth-order valence-electron chi connectivity index (χ4n) is 2.23. The number of benzene rings is 2. The fraction of sp³-hybridized carbons (Fsp3) is 0.278. The van der Waals surface area contributed by atoms with E-state index in [-0.39, 0.29) is 18.7 Å². The van der Waals surface area contributed by atoms with Gasteiger partial charge in [-0.25, -0.2) is 4.79 Å². The van der Waals surface area contributed by atoms with E-state index in [2.05, 4.69) is 22.8 Å². The van der Waals surface area contributed by atoms with Crippen LogP contribution in [0.25, 0.3) is 0 Å². The van der Waals surface area contributed by atoms with Crippen LogP contribution in [0.3, 0.4) is 0 Å². The van der Waals surface area contributed by atoms with Crippen molar-refractivity contribution >= 4 is 11.7 Å². The summed E-state index contributed by atoms with van der Waals surface area (Å²) in [5.74, 6) is 0. The molecule has 2 aromatic rings. The number of amides is 2. The first-order valence-electron chi connectivity index (χ1n) is 7.53. The average molecular weight is 298 g/mol. The summed E-state index contributed by atoms with van der Waals surface area (Å²) in [6.45, 7) is 1.86. The van der Waals surface area contributed by atoms with Gasteiger partial charge in [0.25, 0.3) is 0 Å². The Morgan fingerprint density at radius 2 is 1.77 bits per heavy atom. The Balaban J connectivity index is 2.06. The number of rotatable bonds is 6. The van der Waals surface area contributed by atoms with E-state index in [0.29, 0.717) is 6.42 Å². The highest BCUT2D eigenvalue weighted by Gasteiger charge is 2.11. The van der Waals surface area contributed by atoms with Crippen LogP contribution in [0, 0.1) is 0 Å². The molecule has 0 heterocycles. The van der Waals surface area contributed by atoms with Crippen LogP contribution in [0.15, 0.2) is 54.6 Å². The standard InChI is InChI=1S/C18H22N2O2/c1-2-16(13-21)19-18(22)20-17-11-7-6-10-15(17)12-14-8-4-3-5-9-14/h3-11,16,21H,2,12-13H2,1H3,(H2,19,20,22). The van der Waals surface area contributed by atoms with E-state index in [1.165, 1.54) is 5.56 Å². The van der Waals surface area contributed by atoms with Crippen molar-refractivity contribution < 1.29 is 9.90 Å². The Labute approximate surface area is 131 Å². The van der Waals surface area contributed by atoms with Gasteiger partial charge in [0.1, 0.15) is 0 Å². The molecule has 2 amide bonds. The molecule has 4 heteroatoms. The Bertz CT molecular complexity index is 595. The number of carbonyl (C=O) groups is 1. The minimum absolute atomic E-state index is 0.0599. The van der Waals surface area contributed by atoms with Gasteiger partial charge >= 0.3 is 6.03 Å². The van der Waals surface area contributed by atoms with Gasteiger partial charge in [-0.1, -0.05) is 55.5 Å². The molecule has 0 aliphatic rings. The van der Waals surface area contributed by atoms with Crippen LogP contribution in [-0.4, -0.2) is 23.8 Å². The highest BCUT2D eigenvalue weighted by Crippen LogP contribution is 2.19. The van der Waals surface area contributed by atoms with Crippen LogP contribution in [0.2, 0.25) is 0 Å². The third-order valence-corrected chi connectivity index (χ3v) is 3.55. The highest BCUT2D eigenvalue weighted by molar-refractivity contribution is 5.90. The van der Waals surface area contributed by atoms with Crippen molar-refractivity contribution in [1.29, 1.82) is 0 Å². The third kappa shape index (κ3) is 4.60. The molecular weight excluding hydrogens is 276 g/mol. The van der Waals surface area contributed by atoms with Gasteiger partial charge in [-0.15, -0.1) is 0 Å². The van der Waals surface area contributed by atoms with Gasteiger partial charge in [0.05, 0.1) is 12.6 Å². The highest BCUT2D eigenvalue weighted by atomic mass is 16.3. The summed E-state index contributed by atoms with van der Waals surface area (Å²) in [6.07, 6.45) is 1.45. The summed E-state index contributed by atoms with van der Waals surface area (Å²) in [6, 6.07) is 17.4. The largest absolute Gasteiger partial charge is 0.394 e. The molecule has 0 fully saturated rings. The molecule has 3 N–H and O–H groups in total. The van der Waals surface area contributed by atoms with Crippen LogP contribution < -0.4 is 10.6 Å². The molecule has 4 nitrogen and oxygen atoms in total. The first kappa shape index (κ1) is 16.0. The number of aliphatic hydroxyl groups is 1. The molecule has 22 heavy (non-hydrogen) atoms. The third-order valence-electron chi connectivity index (χ3n) is 3.55. The zero-order chi connectivity index (χ0) is 15.8. The minimum atomic E-state index is -0.290. The van der Waals surface area contributed by atoms with E-state index in [0.717, 1.165) is 17.7 Å². The molecule has 0 saturated carbocycles. The molecule has 1 unspecified atom stereocenters. The normalized spacial score (nSPS) is 11.7. The monoisotopic (exact) mass is 298 g/mol. The minimum Gasteiger partial charge on any atom is -0.394 e. The number of hydrogen-bond donors (Lipinski definition) is 3. The van der Waals surface area contributed by atoms with Crippen molar-refractivity contribution in [3.05, 3.63) is 65.7 Å². The summed E-state index contributed by atoms with van der Waals surface area (Å²) in [5.41, 5.74) is 3.04. The van der Waals surface area contributed by atoms with Gasteiger partial charge in [-0.2, -0.15) is 0 Å². The van der Waals surface area contributed by atoms with Crippen molar-refractivity contribution in [3.8, 4) is 0 Å². The summed E-state index contributed by atoms with van der Waals surface area (Å²) in [7, 11) is 0. The van der Waals surface area contributed by atoms with Crippen LogP contribution in [0.1, 0.15) is 24.5 Å². The summed E-state index contributed by atoms with van der Waals surface area (Å²) in [4.78, 5) is 12.0. The lowest BCUT2D eigenvalue weighted by Gasteiger charge is -2.16. The van der Waals surface area contributed by atoms with Crippen LogP contribution in [0.4, 0.5) is 10.5 Å². The zero-order valence-corrected chi connectivity index (χ0v) is 12.8. The second kappa shape index (κ2) is 8.20. The van der Waals surface area contributed by atoms with Crippen molar-refractivity contribution in [2.45, 2.75) is 25.8 Å². The first-order valence-corrected chi connectivity index (χ1v) is 7.53.